The van der Waals surface area contributed by atoms with Crippen LogP contribution in [-0.4, -0.2) is 74.0 Å². The summed E-state index contributed by atoms with van der Waals surface area (Å²) in [4.78, 5) is 6.78. The number of halogens is 2. The van der Waals surface area contributed by atoms with Gasteiger partial charge in [-0.15, -0.1) is 24.0 Å². The van der Waals surface area contributed by atoms with Crippen LogP contribution in [0.25, 0.3) is 0 Å². The Morgan fingerprint density at radius 1 is 1.30 bits per heavy atom. The lowest BCUT2D eigenvalue weighted by atomic mass is 10.1. The van der Waals surface area contributed by atoms with Crippen molar-refractivity contribution in [3.05, 3.63) is 34.9 Å². The third kappa shape index (κ3) is 9.43. The number of guanidine groups is 1. The molecule has 0 bridgehead atoms. The molecule has 0 aromatic heterocycles. The minimum Gasteiger partial charge on any atom is -0.387 e. The van der Waals surface area contributed by atoms with Crippen molar-refractivity contribution >= 4 is 41.5 Å². The Balaban J connectivity index is 0.00000364. The highest BCUT2D eigenvalue weighted by Gasteiger charge is 2.25. The fraction of sp³-hybridized carbons (Fsp3) is 0.632. The van der Waals surface area contributed by atoms with Crippen molar-refractivity contribution < 1.29 is 9.84 Å². The molecule has 2 rings (SSSR count). The van der Waals surface area contributed by atoms with Gasteiger partial charge in [-0.3, -0.25) is 9.89 Å². The lowest BCUT2D eigenvalue weighted by Gasteiger charge is -2.33. The number of benzene rings is 1. The smallest absolute Gasteiger partial charge is 0.191 e. The van der Waals surface area contributed by atoms with Crippen LogP contribution in [0.1, 0.15) is 19.4 Å². The molecule has 1 aromatic carbocycles. The first-order valence-electron chi connectivity index (χ1n) is 9.28. The van der Waals surface area contributed by atoms with Gasteiger partial charge >= 0.3 is 0 Å². The third-order valence-electron chi connectivity index (χ3n) is 4.23. The topological polar surface area (TPSA) is 69.1 Å². The van der Waals surface area contributed by atoms with Crippen LogP contribution >= 0.6 is 35.6 Å². The number of hydrogen-bond acceptors (Lipinski definition) is 4. The average Bonchev–Trinajstić information content (AvgIpc) is 2.62. The second-order valence-corrected chi connectivity index (χ2v) is 7.26. The summed E-state index contributed by atoms with van der Waals surface area (Å²) in [5.41, 5.74) is 0.236. The van der Waals surface area contributed by atoms with Crippen LogP contribution in [-0.2, 0) is 11.2 Å². The second-order valence-electron chi connectivity index (χ2n) is 6.85. The average molecular weight is 511 g/mol. The lowest BCUT2D eigenvalue weighted by molar-refractivity contribution is -0.0179. The summed E-state index contributed by atoms with van der Waals surface area (Å²) in [6.07, 6.45) is 0.814. The molecule has 27 heavy (non-hydrogen) atoms. The van der Waals surface area contributed by atoms with Crippen molar-refractivity contribution in [2.45, 2.75) is 25.9 Å². The number of ether oxygens (including phenoxy) is 1. The van der Waals surface area contributed by atoms with E-state index in [-0.39, 0.29) is 24.0 Å². The van der Waals surface area contributed by atoms with E-state index in [1.165, 1.54) is 0 Å². The van der Waals surface area contributed by atoms with Crippen LogP contribution in [0.2, 0.25) is 5.02 Å². The maximum Gasteiger partial charge on any atom is 0.191 e. The largest absolute Gasteiger partial charge is 0.387 e. The highest BCUT2D eigenvalue weighted by Crippen LogP contribution is 2.14. The van der Waals surface area contributed by atoms with E-state index in [0.29, 0.717) is 19.0 Å². The SMILES string of the molecule is CCNC(=NCC(C)(O)CN1CCOCC1)NCCc1ccccc1Cl.I. The molecule has 3 N–H and O–H groups in total. The Hall–Kier alpha value is -0.610. The van der Waals surface area contributed by atoms with Gasteiger partial charge in [-0.2, -0.15) is 0 Å². The fourth-order valence-corrected chi connectivity index (χ4v) is 3.13. The molecule has 1 unspecified atom stereocenters. The number of aliphatic hydroxyl groups is 1. The summed E-state index contributed by atoms with van der Waals surface area (Å²) in [5.74, 6) is 0.710. The number of aliphatic imine (C=N–C) groups is 1. The third-order valence-corrected chi connectivity index (χ3v) is 4.60. The first-order valence-corrected chi connectivity index (χ1v) is 9.66. The minimum absolute atomic E-state index is 0. The summed E-state index contributed by atoms with van der Waals surface area (Å²) in [6, 6.07) is 7.85. The molecule has 0 aliphatic carbocycles. The van der Waals surface area contributed by atoms with Crippen molar-refractivity contribution in [1.82, 2.24) is 15.5 Å². The van der Waals surface area contributed by atoms with Gasteiger partial charge in [-0.25, -0.2) is 0 Å². The molecule has 1 aromatic rings. The first-order chi connectivity index (χ1) is 12.5. The number of nitrogens with zero attached hydrogens (tertiary/aromatic N) is 2. The molecule has 0 amide bonds. The molecule has 154 valence electrons. The number of β-amino-alcohol motifs (C(OH)–C–C–N with tert-alkyl or cyclic N) is 1. The van der Waals surface area contributed by atoms with E-state index in [1.54, 1.807) is 0 Å². The van der Waals surface area contributed by atoms with Crippen molar-refractivity contribution in [3.63, 3.8) is 0 Å². The lowest BCUT2D eigenvalue weighted by Crippen LogP contribution is -2.48. The van der Waals surface area contributed by atoms with Gasteiger partial charge in [0, 0.05) is 37.7 Å². The van der Waals surface area contributed by atoms with Crippen LogP contribution in [0, 0.1) is 0 Å². The maximum absolute atomic E-state index is 10.7. The monoisotopic (exact) mass is 510 g/mol. The summed E-state index contributed by atoms with van der Waals surface area (Å²) in [6.45, 7) is 9.45. The molecule has 1 aliphatic rings. The Labute approximate surface area is 184 Å². The number of rotatable bonds is 8. The van der Waals surface area contributed by atoms with Gasteiger partial charge in [0.25, 0.3) is 0 Å². The predicted molar refractivity (Wildman–Crippen MR) is 122 cm³/mol. The molecule has 1 heterocycles. The fourth-order valence-electron chi connectivity index (χ4n) is 2.90. The van der Waals surface area contributed by atoms with Gasteiger partial charge in [-0.05, 0) is 31.9 Å². The van der Waals surface area contributed by atoms with E-state index in [1.807, 2.05) is 38.1 Å². The van der Waals surface area contributed by atoms with Crippen LogP contribution in [0.3, 0.4) is 0 Å². The van der Waals surface area contributed by atoms with E-state index >= 15 is 0 Å². The normalized spacial score (nSPS) is 17.7. The van der Waals surface area contributed by atoms with E-state index in [4.69, 9.17) is 16.3 Å². The molecular formula is C19H32ClIN4O2. The molecule has 0 radical (unpaired) electrons. The maximum atomic E-state index is 10.7. The number of nitrogens with one attached hydrogen (secondary N) is 2. The molecule has 0 spiro atoms. The van der Waals surface area contributed by atoms with Crippen LogP contribution in [0.15, 0.2) is 29.3 Å². The Morgan fingerprint density at radius 2 is 2.00 bits per heavy atom. The minimum atomic E-state index is -0.873. The van der Waals surface area contributed by atoms with Crippen molar-refractivity contribution in [2.75, 3.05) is 52.5 Å². The summed E-state index contributed by atoms with van der Waals surface area (Å²) >= 11 is 6.19. The number of hydrogen-bond donors (Lipinski definition) is 3. The molecule has 1 atom stereocenters. The van der Waals surface area contributed by atoms with Gasteiger partial charge in [0.15, 0.2) is 5.96 Å². The first kappa shape index (κ1) is 24.4. The zero-order valence-corrected chi connectivity index (χ0v) is 19.3. The zero-order chi connectivity index (χ0) is 18.8. The van der Waals surface area contributed by atoms with Crippen LogP contribution < -0.4 is 10.6 Å². The van der Waals surface area contributed by atoms with Gasteiger partial charge in [-0.1, -0.05) is 29.8 Å². The van der Waals surface area contributed by atoms with Crippen molar-refractivity contribution in [3.8, 4) is 0 Å². The molecule has 1 aliphatic heterocycles. The van der Waals surface area contributed by atoms with Crippen molar-refractivity contribution in [2.24, 2.45) is 4.99 Å². The van der Waals surface area contributed by atoms with Gasteiger partial charge < -0.3 is 20.5 Å². The molecule has 1 fully saturated rings. The Kier molecular flexibility index (Phi) is 11.6. The highest BCUT2D eigenvalue weighted by molar-refractivity contribution is 14.0. The van der Waals surface area contributed by atoms with E-state index in [9.17, 15) is 5.11 Å². The molecule has 8 heteroatoms. The Bertz CT molecular complexity index is 581. The molecule has 1 saturated heterocycles. The van der Waals surface area contributed by atoms with Crippen molar-refractivity contribution in [1.29, 1.82) is 0 Å². The number of morpholine rings is 1. The van der Waals surface area contributed by atoms with E-state index < -0.39 is 5.60 Å². The molecule has 0 saturated carbocycles. The quantitative estimate of drug-likeness (QED) is 0.284. The standard InChI is InChI=1S/C19H31ClN4O2.HI/c1-3-21-18(22-9-8-16-6-4-5-7-17(16)20)23-14-19(2,25)15-24-10-12-26-13-11-24;/h4-7,25H,3,8-15H2,1-2H3,(H2,21,22,23);1H. The summed E-state index contributed by atoms with van der Waals surface area (Å²) in [7, 11) is 0. The van der Waals surface area contributed by atoms with Crippen LogP contribution in [0.4, 0.5) is 0 Å². The summed E-state index contributed by atoms with van der Waals surface area (Å²) in [5, 5.41) is 18.0. The Morgan fingerprint density at radius 3 is 2.67 bits per heavy atom. The van der Waals surface area contributed by atoms with Crippen LogP contribution in [0.5, 0.6) is 0 Å². The summed E-state index contributed by atoms with van der Waals surface area (Å²) < 4.78 is 5.35. The van der Waals surface area contributed by atoms with Gasteiger partial charge in [0.2, 0.25) is 0 Å². The molecule has 6 nitrogen and oxygen atoms in total. The van der Waals surface area contributed by atoms with E-state index in [0.717, 1.165) is 56.4 Å². The van der Waals surface area contributed by atoms with E-state index in [2.05, 4.69) is 20.5 Å². The highest BCUT2D eigenvalue weighted by atomic mass is 127. The van der Waals surface area contributed by atoms with Gasteiger partial charge in [0.05, 0.1) is 25.4 Å². The van der Waals surface area contributed by atoms with Gasteiger partial charge in [0.1, 0.15) is 0 Å². The second kappa shape index (κ2) is 12.8. The zero-order valence-electron chi connectivity index (χ0n) is 16.2. The molecular weight excluding hydrogens is 479 g/mol. The predicted octanol–water partition coefficient (Wildman–Crippen LogP) is 2.14.